The molecule has 0 bridgehead atoms. The van der Waals surface area contributed by atoms with Gasteiger partial charge in [0.15, 0.2) is 0 Å². The molecule has 6 heteroatoms. The Balaban J connectivity index is 1.60. The molecule has 0 aromatic carbocycles. The van der Waals surface area contributed by atoms with Crippen LogP contribution < -0.4 is 0 Å². The largest absolute Gasteiger partial charge is 0.458 e. The number of carbonyl (C=O) groups excluding carboxylic acids is 2. The Morgan fingerprint density at radius 1 is 1.28 bits per heavy atom. The number of cyclic esters (lactones) is 1. The normalized spacial score (nSPS) is 37.6. The number of fused-ring (bicyclic) bond motifs is 2. The van der Waals surface area contributed by atoms with Crippen molar-refractivity contribution < 1.29 is 28.9 Å². The second-order valence-electron chi connectivity index (χ2n) is 7.81. The van der Waals surface area contributed by atoms with Crippen LogP contribution in [-0.4, -0.2) is 35.5 Å². The van der Waals surface area contributed by atoms with E-state index >= 15 is 0 Å². The molecule has 1 saturated heterocycles. The average molecular weight is 346 g/mol. The van der Waals surface area contributed by atoms with Crippen LogP contribution >= 0.6 is 0 Å². The van der Waals surface area contributed by atoms with Gasteiger partial charge in [-0.25, -0.2) is 9.59 Å². The van der Waals surface area contributed by atoms with E-state index in [9.17, 15) is 14.7 Å². The summed E-state index contributed by atoms with van der Waals surface area (Å²) in [5.74, 6) is -1.36. The maximum absolute atomic E-state index is 12.3. The summed E-state index contributed by atoms with van der Waals surface area (Å²) in [5, 5.41) is 10.8. The molecule has 134 valence electrons. The lowest BCUT2D eigenvalue weighted by Crippen LogP contribution is -2.27. The third kappa shape index (κ3) is 2.42. The molecule has 2 aliphatic carbocycles. The lowest BCUT2D eigenvalue weighted by Gasteiger charge is -2.34. The SMILES string of the molecule is CC1=C[C@H](O/C=C2/C(=O)O[C@@H]3C4=C(CCCC4(C)C)[C@H](O)[C@H]23)OC1=O. The van der Waals surface area contributed by atoms with Crippen molar-refractivity contribution in [1.29, 1.82) is 0 Å². The fraction of sp³-hybridized carbons (Fsp3) is 0.579. The van der Waals surface area contributed by atoms with Crippen molar-refractivity contribution in [2.45, 2.75) is 58.5 Å². The van der Waals surface area contributed by atoms with E-state index in [0.717, 1.165) is 30.4 Å². The zero-order valence-electron chi connectivity index (χ0n) is 14.6. The topological polar surface area (TPSA) is 82.1 Å². The number of aliphatic hydroxyl groups is 1. The molecule has 4 atom stereocenters. The number of hydrogen-bond donors (Lipinski definition) is 1. The molecule has 0 radical (unpaired) electrons. The van der Waals surface area contributed by atoms with Crippen LogP contribution in [0.1, 0.15) is 40.0 Å². The van der Waals surface area contributed by atoms with Crippen molar-refractivity contribution >= 4 is 11.9 Å². The van der Waals surface area contributed by atoms with Crippen LogP contribution in [0.3, 0.4) is 0 Å². The molecule has 2 aliphatic heterocycles. The maximum atomic E-state index is 12.3. The summed E-state index contributed by atoms with van der Waals surface area (Å²) in [4.78, 5) is 23.7. The molecule has 0 saturated carbocycles. The Bertz CT molecular complexity index is 741. The first-order valence-electron chi connectivity index (χ1n) is 8.67. The van der Waals surface area contributed by atoms with Gasteiger partial charge in [0.25, 0.3) is 6.29 Å². The number of rotatable bonds is 2. The van der Waals surface area contributed by atoms with Gasteiger partial charge in [0, 0.05) is 11.6 Å². The van der Waals surface area contributed by atoms with Gasteiger partial charge in [0.05, 0.1) is 23.9 Å². The fourth-order valence-electron chi connectivity index (χ4n) is 4.49. The second kappa shape index (κ2) is 5.46. The fourth-order valence-corrected chi connectivity index (χ4v) is 4.49. The highest BCUT2D eigenvalue weighted by atomic mass is 16.7. The van der Waals surface area contributed by atoms with Crippen LogP contribution in [0, 0.1) is 11.3 Å². The molecule has 4 aliphatic rings. The van der Waals surface area contributed by atoms with Gasteiger partial charge in [-0.1, -0.05) is 13.8 Å². The smallest absolute Gasteiger partial charge is 0.338 e. The van der Waals surface area contributed by atoms with E-state index in [4.69, 9.17) is 14.2 Å². The number of hydrogen-bond acceptors (Lipinski definition) is 6. The molecule has 2 heterocycles. The standard InChI is InChI=1S/C19H22O6/c1-9-7-12(24-17(9)21)23-8-11-13-15(20)10-5-4-6-19(2,3)14(10)16(13)25-18(11)22/h7-8,12-13,15-16,20H,4-6H2,1-3H3/b11-8+/t12-,13+,15+,16+/m1/s1. The Morgan fingerprint density at radius 3 is 2.72 bits per heavy atom. The highest BCUT2D eigenvalue weighted by Gasteiger charge is 2.56. The van der Waals surface area contributed by atoms with E-state index in [2.05, 4.69) is 13.8 Å². The van der Waals surface area contributed by atoms with E-state index in [-0.39, 0.29) is 5.41 Å². The number of aliphatic hydroxyl groups excluding tert-OH is 1. The summed E-state index contributed by atoms with van der Waals surface area (Å²) < 4.78 is 16.1. The quantitative estimate of drug-likeness (QED) is 0.357. The van der Waals surface area contributed by atoms with Crippen molar-refractivity contribution in [2.75, 3.05) is 0 Å². The molecule has 0 aromatic rings. The number of ether oxygens (including phenoxy) is 3. The summed E-state index contributed by atoms with van der Waals surface area (Å²) in [6, 6.07) is 0. The Kier molecular flexibility index (Phi) is 3.58. The average Bonchev–Trinajstić information content (AvgIpc) is 3.11. The Labute approximate surface area is 146 Å². The highest BCUT2D eigenvalue weighted by molar-refractivity contribution is 5.93. The molecular weight excluding hydrogens is 324 g/mol. The number of esters is 2. The summed E-state index contributed by atoms with van der Waals surface area (Å²) in [7, 11) is 0. The minimum atomic E-state index is -0.843. The number of carbonyl (C=O) groups is 2. The molecular formula is C19H22O6. The van der Waals surface area contributed by atoms with Crippen molar-refractivity contribution in [2.24, 2.45) is 11.3 Å². The van der Waals surface area contributed by atoms with Gasteiger partial charge in [-0.15, -0.1) is 0 Å². The lowest BCUT2D eigenvalue weighted by molar-refractivity contribution is -0.152. The summed E-state index contributed by atoms with van der Waals surface area (Å²) in [6.07, 6.45) is 3.70. The maximum Gasteiger partial charge on any atom is 0.338 e. The Hall–Kier alpha value is -2.08. The molecule has 4 rings (SSSR count). The van der Waals surface area contributed by atoms with Crippen molar-refractivity contribution in [3.63, 3.8) is 0 Å². The third-order valence-corrected chi connectivity index (χ3v) is 5.72. The first-order valence-corrected chi connectivity index (χ1v) is 8.67. The van der Waals surface area contributed by atoms with Crippen LogP contribution in [0.2, 0.25) is 0 Å². The van der Waals surface area contributed by atoms with Gasteiger partial charge in [-0.2, -0.15) is 0 Å². The summed E-state index contributed by atoms with van der Waals surface area (Å²) in [5.41, 5.74) is 2.75. The molecule has 0 amide bonds. The first kappa shape index (κ1) is 16.4. The zero-order valence-corrected chi connectivity index (χ0v) is 14.6. The summed E-state index contributed by atoms with van der Waals surface area (Å²) >= 11 is 0. The highest BCUT2D eigenvalue weighted by Crippen LogP contribution is 2.54. The molecule has 0 aromatic heterocycles. The van der Waals surface area contributed by atoms with Gasteiger partial charge in [0.1, 0.15) is 6.10 Å². The predicted molar refractivity (Wildman–Crippen MR) is 86.8 cm³/mol. The second-order valence-corrected chi connectivity index (χ2v) is 7.81. The molecule has 0 unspecified atom stereocenters. The van der Waals surface area contributed by atoms with Gasteiger partial charge in [0.2, 0.25) is 0 Å². The monoisotopic (exact) mass is 346 g/mol. The third-order valence-electron chi connectivity index (χ3n) is 5.72. The van der Waals surface area contributed by atoms with Crippen LogP contribution in [-0.2, 0) is 23.8 Å². The van der Waals surface area contributed by atoms with E-state index in [1.807, 2.05) is 0 Å². The van der Waals surface area contributed by atoms with E-state index < -0.39 is 36.4 Å². The van der Waals surface area contributed by atoms with Crippen molar-refractivity contribution in [3.05, 3.63) is 34.6 Å². The molecule has 6 nitrogen and oxygen atoms in total. The van der Waals surface area contributed by atoms with E-state index in [1.165, 1.54) is 6.26 Å². The first-order chi connectivity index (χ1) is 11.8. The Morgan fingerprint density at radius 2 is 2.04 bits per heavy atom. The van der Waals surface area contributed by atoms with Crippen molar-refractivity contribution in [3.8, 4) is 0 Å². The summed E-state index contributed by atoms with van der Waals surface area (Å²) in [6.45, 7) is 5.90. The van der Waals surface area contributed by atoms with Crippen LogP contribution in [0.4, 0.5) is 0 Å². The molecule has 0 spiro atoms. The lowest BCUT2D eigenvalue weighted by atomic mass is 9.72. The minimum Gasteiger partial charge on any atom is -0.458 e. The molecule has 1 fully saturated rings. The van der Waals surface area contributed by atoms with Crippen LogP contribution in [0.25, 0.3) is 0 Å². The van der Waals surface area contributed by atoms with Crippen LogP contribution in [0.5, 0.6) is 0 Å². The van der Waals surface area contributed by atoms with Crippen molar-refractivity contribution in [1.82, 2.24) is 0 Å². The van der Waals surface area contributed by atoms with Gasteiger partial charge < -0.3 is 19.3 Å². The molecule has 25 heavy (non-hydrogen) atoms. The minimum absolute atomic E-state index is 0.0919. The van der Waals surface area contributed by atoms with E-state index in [1.54, 1.807) is 13.0 Å². The zero-order chi connectivity index (χ0) is 17.9. The van der Waals surface area contributed by atoms with Gasteiger partial charge in [-0.3, -0.25) is 0 Å². The van der Waals surface area contributed by atoms with Crippen LogP contribution in [0.15, 0.2) is 34.6 Å². The molecule has 1 N–H and O–H groups in total. The van der Waals surface area contributed by atoms with Gasteiger partial charge in [-0.05, 0) is 42.7 Å². The van der Waals surface area contributed by atoms with Gasteiger partial charge >= 0.3 is 11.9 Å². The predicted octanol–water partition coefficient (Wildman–Crippen LogP) is 2.14. The van der Waals surface area contributed by atoms with E-state index in [0.29, 0.717) is 11.1 Å².